The van der Waals surface area contributed by atoms with E-state index in [-0.39, 0.29) is 36.2 Å². The number of anilines is 2. The molecule has 7 heteroatoms. The predicted octanol–water partition coefficient (Wildman–Crippen LogP) is 5.49. The molecule has 1 N–H and O–H groups in total. The number of hydrogen-bond acceptors (Lipinski definition) is 5. The summed E-state index contributed by atoms with van der Waals surface area (Å²) in [6.45, 7) is 0.233. The summed E-state index contributed by atoms with van der Waals surface area (Å²) < 4.78 is 11.3. The lowest BCUT2D eigenvalue weighted by molar-refractivity contribution is -0.122. The molecule has 1 unspecified atom stereocenters. The fraction of sp³-hybridized carbons (Fsp3) is 0.138. The van der Waals surface area contributed by atoms with Crippen molar-refractivity contribution in [2.24, 2.45) is 5.92 Å². The highest BCUT2D eigenvalue weighted by Crippen LogP contribution is 2.41. The minimum atomic E-state index is -0.586. The van der Waals surface area contributed by atoms with Crippen LogP contribution in [0, 0.1) is 17.2 Å². The summed E-state index contributed by atoms with van der Waals surface area (Å²) in [4.78, 5) is 27.5. The van der Waals surface area contributed by atoms with Crippen LogP contribution in [0.4, 0.5) is 11.6 Å². The topological polar surface area (TPSA) is 95.6 Å². The van der Waals surface area contributed by atoms with E-state index in [4.69, 9.17) is 9.15 Å². The number of methoxy groups -OCH3 is 1. The van der Waals surface area contributed by atoms with E-state index in [0.717, 1.165) is 11.1 Å². The highest BCUT2D eigenvalue weighted by molar-refractivity contribution is 6.04. The smallest absolute Gasteiger partial charge is 0.232 e. The van der Waals surface area contributed by atoms with Crippen molar-refractivity contribution in [2.45, 2.75) is 6.42 Å². The molecule has 0 aliphatic carbocycles. The summed E-state index contributed by atoms with van der Waals surface area (Å²) in [5, 5.41) is 12.8. The van der Waals surface area contributed by atoms with Crippen molar-refractivity contribution in [1.82, 2.24) is 0 Å². The van der Waals surface area contributed by atoms with E-state index in [1.165, 1.54) is 0 Å². The fourth-order valence-corrected chi connectivity index (χ4v) is 4.41. The van der Waals surface area contributed by atoms with Crippen molar-refractivity contribution < 1.29 is 18.7 Å². The number of amides is 2. The van der Waals surface area contributed by atoms with Gasteiger partial charge in [-0.3, -0.25) is 14.9 Å². The quantitative estimate of drug-likeness (QED) is 0.396. The summed E-state index contributed by atoms with van der Waals surface area (Å²) in [6.07, 6.45) is 0.0670. The molecule has 3 aromatic carbocycles. The molecule has 5 rings (SSSR count). The highest BCUT2D eigenvalue weighted by Gasteiger charge is 2.36. The highest BCUT2D eigenvalue weighted by atomic mass is 16.5. The number of nitrogens with zero attached hydrogens (tertiary/aromatic N) is 2. The van der Waals surface area contributed by atoms with Crippen molar-refractivity contribution in [3.63, 3.8) is 0 Å². The number of carbonyl (C=O) groups excluding carboxylic acids is 2. The van der Waals surface area contributed by atoms with Gasteiger partial charge in [0.05, 0.1) is 13.0 Å². The Bertz CT molecular complexity index is 1440. The first-order chi connectivity index (χ1) is 17.6. The van der Waals surface area contributed by atoms with E-state index in [0.29, 0.717) is 22.8 Å². The summed E-state index contributed by atoms with van der Waals surface area (Å²) in [5.41, 5.74) is 3.14. The average Bonchev–Trinajstić information content (AvgIpc) is 3.50. The molecular weight excluding hydrogens is 454 g/mol. The molecule has 4 aromatic rings. The predicted molar refractivity (Wildman–Crippen MR) is 136 cm³/mol. The second kappa shape index (κ2) is 9.80. The lowest BCUT2D eigenvalue weighted by Crippen LogP contribution is -2.28. The lowest BCUT2D eigenvalue weighted by atomic mass is 9.98. The molecule has 0 radical (unpaired) electrons. The zero-order valence-corrected chi connectivity index (χ0v) is 19.6. The molecule has 1 atom stereocenters. The standard InChI is InChI=1S/C29H23N3O4/c1-35-23-14-12-22(13-15-23)32-18-21(16-25(32)33)28(34)31-29-24(17-30)26(19-8-4-2-5-9-19)27(36-29)20-10-6-3-7-11-20/h2-15,21H,16,18H2,1H3,(H,31,34). The molecule has 0 bridgehead atoms. The number of carbonyl (C=O) groups is 2. The van der Waals surface area contributed by atoms with Gasteiger partial charge in [0.1, 0.15) is 23.1 Å². The Hall–Kier alpha value is -4.83. The van der Waals surface area contributed by atoms with E-state index >= 15 is 0 Å². The largest absolute Gasteiger partial charge is 0.497 e. The number of hydrogen-bond donors (Lipinski definition) is 1. The summed E-state index contributed by atoms with van der Waals surface area (Å²) in [5.74, 6) is 0.159. The van der Waals surface area contributed by atoms with E-state index in [2.05, 4.69) is 11.4 Å². The molecule has 36 heavy (non-hydrogen) atoms. The maximum atomic E-state index is 13.2. The van der Waals surface area contributed by atoms with Gasteiger partial charge in [0.2, 0.25) is 17.7 Å². The van der Waals surface area contributed by atoms with Crippen LogP contribution >= 0.6 is 0 Å². The Kier molecular flexibility index (Phi) is 6.25. The Morgan fingerprint density at radius 2 is 1.64 bits per heavy atom. The molecule has 1 saturated heterocycles. The molecule has 1 aliphatic heterocycles. The monoisotopic (exact) mass is 477 g/mol. The van der Waals surface area contributed by atoms with Crippen LogP contribution in [0.1, 0.15) is 12.0 Å². The SMILES string of the molecule is COc1ccc(N2CC(C(=O)Nc3oc(-c4ccccc4)c(-c4ccccc4)c3C#N)CC2=O)cc1. The number of rotatable bonds is 6. The molecule has 178 valence electrons. The van der Waals surface area contributed by atoms with Crippen LogP contribution in [0.5, 0.6) is 5.75 Å². The van der Waals surface area contributed by atoms with Crippen LogP contribution in [0.3, 0.4) is 0 Å². The van der Waals surface area contributed by atoms with Crippen LogP contribution in [0.2, 0.25) is 0 Å². The van der Waals surface area contributed by atoms with Gasteiger partial charge < -0.3 is 14.1 Å². The van der Waals surface area contributed by atoms with Gasteiger partial charge in [-0.1, -0.05) is 60.7 Å². The van der Waals surface area contributed by atoms with Crippen molar-refractivity contribution >= 4 is 23.4 Å². The van der Waals surface area contributed by atoms with Crippen LogP contribution in [-0.2, 0) is 9.59 Å². The minimum Gasteiger partial charge on any atom is -0.497 e. The number of furan rings is 1. The summed E-state index contributed by atoms with van der Waals surface area (Å²) >= 11 is 0. The number of nitriles is 1. The van der Waals surface area contributed by atoms with Gasteiger partial charge >= 0.3 is 0 Å². The van der Waals surface area contributed by atoms with Gasteiger partial charge in [-0.25, -0.2) is 0 Å². The van der Waals surface area contributed by atoms with E-state index in [1.54, 1.807) is 36.3 Å². The molecule has 2 amide bonds. The maximum absolute atomic E-state index is 13.2. The molecule has 1 aromatic heterocycles. The first-order valence-electron chi connectivity index (χ1n) is 11.5. The Balaban J connectivity index is 1.44. The third kappa shape index (κ3) is 4.32. The van der Waals surface area contributed by atoms with Crippen molar-refractivity contribution in [3.05, 3.63) is 90.5 Å². The fourth-order valence-electron chi connectivity index (χ4n) is 4.41. The van der Waals surface area contributed by atoms with Gasteiger partial charge in [-0.15, -0.1) is 0 Å². The van der Waals surface area contributed by atoms with Crippen molar-refractivity contribution in [3.8, 4) is 34.3 Å². The third-order valence-corrected chi connectivity index (χ3v) is 6.24. The lowest BCUT2D eigenvalue weighted by Gasteiger charge is -2.17. The van der Waals surface area contributed by atoms with Crippen LogP contribution in [-0.4, -0.2) is 25.5 Å². The molecule has 0 spiro atoms. The molecule has 2 heterocycles. The number of ether oxygens (including phenoxy) is 1. The first kappa shape index (κ1) is 22.9. The second-order valence-electron chi connectivity index (χ2n) is 8.45. The zero-order valence-electron chi connectivity index (χ0n) is 19.6. The molecule has 1 aliphatic rings. The van der Waals surface area contributed by atoms with Gasteiger partial charge in [-0.2, -0.15) is 5.26 Å². The molecule has 0 saturated carbocycles. The maximum Gasteiger partial charge on any atom is 0.232 e. The molecule has 1 fully saturated rings. The van der Waals surface area contributed by atoms with Crippen LogP contribution in [0.25, 0.3) is 22.5 Å². The van der Waals surface area contributed by atoms with Crippen molar-refractivity contribution in [1.29, 1.82) is 5.26 Å². The zero-order chi connectivity index (χ0) is 25.1. The minimum absolute atomic E-state index is 0.0670. The second-order valence-corrected chi connectivity index (χ2v) is 8.45. The van der Waals surface area contributed by atoms with Crippen molar-refractivity contribution in [2.75, 3.05) is 23.9 Å². The molecular formula is C29H23N3O4. The van der Waals surface area contributed by atoms with Crippen LogP contribution < -0.4 is 15.0 Å². The van der Waals surface area contributed by atoms with Gasteiger partial charge in [0.15, 0.2) is 0 Å². The Morgan fingerprint density at radius 1 is 1.00 bits per heavy atom. The van der Waals surface area contributed by atoms with E-state index in [9.17, 15) is 14.9 Å². The average molecular weight is 478 g/mol. The van der Waals surface area contributed by atoms with E-state index < -0.39 is 5.92 Å². The Morgan fingerprint density at radius 3 is 2.25 bits per heavy atom. The molecule has 7 nitrogen and oxygen atoms in total. The van der Waals surface area contributed by atoms with Gasteiger partial charge in [-0.05, 0) is 29.8 Å². The normalized spacial score (nSPS) is 14.9. The van der Waals surface area contributed by atoms with Gasteiger partial charge in [0, 0.05) is 29.8 Å². The summed E-state index contributed by atoms with van der Waals surface area (Å²) in [7, 11) is 1.58. The van der Waals surface area contributed by atoms with Gasteiger partial charge in [0.25, 0.3) is 0 Å². The third-order valence-electron chi connectivity index (χ3n) is 6.24. The Labute approximate surface area is 208 Å². The van der Waals surface area contributed by atoms with E-state index in [1.807, 2.05) is 60.7 Å². The summed E-state index contributed by atoms with van der Waals surface area (Å²) in [6, 6.07) is 28.2. The van der Waals surface area contributed by atoms with Crippen LogP contribution in [0.15, 0.2) is 89.3 Å². The number of nitrogens with one attached hydrogen (secondary N) is 1. The number of benzene rings is 3. The first-order valence-corrected chi connectivity index (χ1v) is 11.5.